The maximum absolute atomic E-state index is 13.0. The van der Waals surface area contributed by atoms with Crippen molar-refractivity contribution in [2.45, 2.75) is 24.8 Å². The van der Waals surface area contributed by atoms with Crippen LogP contribution in [0.15, 0.2) is 35.5 Å². The number of fused-ring (bicyclic) bond motifs is 1. The van der Waals surface area contributed by atoms with Crippen LogP contribution in [0.4, 0.5) is 0 Å². The molecule has 2 heterocycles. The summed E-state index contributed by atoms with van der Waals surface area (Å²) in [7, 11) is -3.49. The highest BCUT2D eigenvalue weighted by Crippen LogP contribution is 2.28. The zero-order valence-electron chi connectivity index (χ0n) is 13.0. The van der Waals surface area contributed by atoms with Gasteiger partial charge >= 0.3 is 0 Å². The first-order valence-corrected chi connectivity index (χ1v) is 8.51. The number of rotatable bonds is 2. The average molecular weight is 378 g/mol. The number of aromatic nitrogens is 1. The van der Waals surface area contributed by atoms with E-state index in [0.29, 0.717) is 24.5 Å². The molecule has 1 saturated heterocycles. The van der Waals surface area contributed by atoms with E-state index in [1.807, 2.05) is 19.9 Å². The lowest BCUT2D eigenvalue weighted by Crippen LogP contribution is -2.52. The highest BCUT2D eigenvalue weighted by atomic mass is 35.5. The molecule has 1 aliphatic heterocycles. The van der Waals surface area contributed by atoms with E-state index in [-0.39, 0.29) is 30.9 Å². The summed E-state index contributed by atoms with van der Waals surface area (Å²) in [6.07, 6.45) is 3.42. The largest absolute Gasteiger partial charge is 0.314 e. The lowest BCUT2D eigenvalue weighted by molar-refractivity contribution is 0.284. The number of pyridine rings is 1. The standard InChI is InChI=1S/C15H19N3O2S.2ClH/c1-11-8-17-10-13-4-3-5-14(15(11)13)21(19,20)18-7-6-16-9-12(18)2;;/h3-5,8,10,12,16H,6-7,9H2,1-2H3;2*1H/t12-;;/m0../s1. The molecule has 0 bridgehead atoms. The summed E-state index contributed by atoms with van der Waals surface area (Å²) in [4.78, 5) is 4.53. The first kappa shape index (κ1) is 20.1. The molecule has 128 valence electrons. The first-order chi connectivity index (χ1) is 10.0. The molecular weight excluding hydrogens is 357 g/mol. The van der Waals surface area contributed by atoms with E-state index in [0.717, 1.165) is 16.3 Å². The van der Waals surface area contributed by atoms with Gasteiger partial charge in [0.15, 0.2) is 0 Å². The third-order valence-electron chi connectivity index (χ3n) is 3.96. The molecule has 23 heavy (non-hydrogen) atoms. The molecule has 1 aromatic carbocycles. The van der Waals surface area contributed by atoms with Crippen molar-refractivity contribution in [1.82, 2.24) is 14.6 Å². The quantitative estimate of drug-likeness (QED) is 0.872. The van der Waals surface area contributed by atoms with E-state index >= 15 is 0 Å². The fourth-order valence-electron chi connectivity index (χ4n) is 2.89. The van der Waals surface area contributed by atoms with Crippen molar-refractivity contribution < 1.29 is 8.42 Å². The van der Waals surface area contributed by atoms with Crippen LogP contribution in [0.1, 0.15) is 12.5 Å². The number of aryl methyl sites for hydroxylation is 1. The molecule has 2 aromatic rings. The maximum Gasteiger partial charge on any atom is 0.244 e. The Morgan fingerprint density at radius 2 is 2.00 bits per heavy atom. The average Bonchev–Trinajstić information content (AvgIpc) is 2.47. The number of benzene rings is 1. The Kier molecular flexibility index (Phi) is 6.80. The Balaban J connectivity index is 0.00000132. The van der Waals surface area contributed by atoms with Crippen molar-refractivity contribution >= 4 is 45.6 Å². The molecule has 1 aliphatic rings. The molecule has 5 nitrogen and oxygen atoms in total. The minimum atomic E-state index is -3.49. The molecule has 0 aliphatic carbocycles. The summed E-state index contributed by atoms with van der Waals surface area (Å²) < 4.78 is 27.7. The Hall–Kier alpha value is -0.920. The van der Waals surface area contributed by atoms with Crippen molar-refractivity contribution in [1.29, 1.82) is 0 Å². The number of nitrogens with zero attached hydrogens (tertiary/aromatic N) is 2. The number of halogens is 2. The second-order valence-corrected chi connectivity index (χ2v) is 7.34. The minimum absolute atomic E-state index is 0. The van der Waals surface area contributed by atoms with Gasteiger partial charge in [0.25, 0.3) is 0 Å². The van der Waals surface area contributed by atoms with Gasteiger partial charge in [0, 0.05) is 48.8 Å². The predicted octanol–water partition coefficient (Wildman–Crippen LogP) is 2.37. The number of sulfonamides is 1. The van der Waals surface area contributed by atoms with Crippen LogP contribution in [-0.4, -0.2) is 43.4 Å². The van der Waals surface area contributed by atoms with Crippen molar-refractivity contribution in [2.24, 2.45) is 0 Å². The molecule has 1 atom stereocenters. The second kappa shape index (κ2) is 7.77. The topological polar surface area (TPSA) is 62.3 Å². The van der Waals surface area contributed by atoms with Gasteiger partial charge in [0.2, 0.25) is 10.0 Å². The summed E-state index contributed by atoms with van der Waals surface area (Å²) in [5.74, 6) is 0. The van der Waals surface area contributed by atoms with Crippen LogP contribution in [0.5, 0.6) is 0 Å². The predicted molar refractivity (Wildman–Crippen MR) is 97.2 cm³/mol. The van der Waals surface area contributed by atoms with E-state index in [9.17, 15) is 8.42 Å². The van der Waals surface area contributed by atoms with Gasteiger partial charge in [-0.2, -0.15) is 4.31 Å². The molecule has 0 amide bonds. The highest BCUT2D eigenvalue weighted by molar-refractivity contribution is 7.89. The monoisotopic (exact) mass is 377 g/mol. The Morgan fingerprint density at radius 1 is 1.26 bits per heavy atom. The number of hydrogen-bond donors (Lipinski definition) is 1. The fraction of sp³-hybridized carbons (Fsp3) is 0.400. The van der Waals surface area contributed by atoms with Crippen molar-refractivity contribution in [3.8, 4) is 0 Å². The van der Waals surface area contributed by atoms with E-state index in [1.54, 1.807) is 28.8 Å². The lowest BCUT2D eigenvalue weighted by Gasteiger charge is -2.33. The molecule has 1 N–H and O–H groups in total. The number of nitrogens with one attached hydrogen (secondary N) is 1. The van der Waals surface area contributed by atoms with Gasteiger partial charge in [-0.05, 0) is 25.5 Å². The first-order valence-electron chi connectivity index (χ1n) is 7.07. The van der Waals surface area contributed by atoms with Crippen LogP contribution in [0.25, 0.3) is 10.8 Å². The van der Waals surface area contributed by atoms with Crippen LogP contribution < -0.4 is 5.32 Å². The molecule has 8 heteroatoms. The summed E-state index contributed by atoms with van der Waals surface area (Å²) in [6.45, 7) is 5.71. The van der Waals surface area contributed by atoms with Crippen molar-refractivity contribution in [3.63, 3.8) is 0 Å². The molecule has 3 rings (SSSR count). The third kappa shape index (κ3) is 3.61. The van der Waals surface area contributed by atoms with Crippen LogP contribution in [-0.2, 0) is 10.0 Å². The second-order valence-electron chi connectivity index (χ2n) is 5.48. The molecule has 1 fully saturated rings. The van der Waals surface area contributed by atoms with E-state index < -0.39 is 10.0 Å². The van der Waals surface area contributed by atoms with Gasteiger partial charge in [-0.15, -0.1) is 24.8 Å². The smallest absolute Gasteiger partial charge is 0.244 e. The summed E-state index contributed by atoms with van der Waals surface area (Å²) in [6, 6.07) is 5.33. The van der Waals surface area contributed by atoms with Gasteiger partial charge in [0.1, 0.15) is 0 Å². The maximum atomic E-state index is 13.0. The van der Waals surface area contributed by atoms with E-state index in [1.165, 1.54) is 0 Å². The molecular formula is C15H21Cl2N3O2S. The van der Waals surface area contributed by atoms with Crippen LogP contribution in [0.3, 0.4) is 0 Å². The van der Waals surface area contributed by atoms with E-state index in [4.69, 9.17) is 0 Å². The van der Waals surface area contributed by atoms with Crippen molar-refractivity contribution in [3.05, 3.63) is 36.2 Å². The molecule has 0 radical (unpaired) electrons. The summed E-state index contributed by atoms with van der Waals surface area (Å²) >= 11 is 0. The highest BCUT2D eigenvalue weighted by Gasteiger charge is 2.32. The SMILES string of the molecule is Cc1cncc2cccc(S(=O)(=O)N3CCNC[C@@H]3C)c12.Cl.Cl. The van der Waals surface area contributed by atoms with Gasteiger partial charge < -0.3 is 5.32 Å². The molecule has 0 unspecified atom stereocenters. The van der Waals surface area contributed by atoms with Gasteiger partial charge in [-0.3, -0.25) is 4.98 Å². The van der Waals surface area contributed by atoms with Gasteiger partial charge in [0.05, 0.1) is 4.90 Å². The molecule has 0 saturated carbocycles. The Labute approximate surface area is 149 Å². The summed E-state index contributed by atoms with van der Waals surface area (Å²) in [5, 5.41) is 4.86. The van der Waals surface area contributed by atoms with E-state index in [2.05, 4.69) is 10.3 Å². The Morgan fingerprint density at radius 3 is 2.70 bits per heavy atom. The van der Waals surface area contributed by atoms with Gasteiger partial charge in [-0.25, -0.2) is 8.42 Å². The van der Waals surface area contributed by atoms with Crippen molar-refractivity contribution in [2.75, 3.05) is 19.6 Å². The minimum Gasteiger partial charge on any atom is -0.314 e. The zero-order chi connectivity index (χ0) is 15.0. The molecule has 1 aromatic heterocycles. The Bertz CT molecular complexity index is 778. The fourth-order valence-corrected chi connectivity index (χ4v) is 4.81. The van der Waals surface area contributed by atoms with Crippen LogP contribution in [0.2, 0.25) is 0 Å². The van der Waals surface area contributed by atoms with Gasteiger partial charge in [-0.1, -0.05) is 12.1 Å². The number of piperazine rings is 1. The third-order valence-corrected chi connectivity index (χ3v) is 6.02. The van der Waals surface area contributed by atoms with Crippen LogP contribution >= 0.6 is 24.8 Å². The zero-order valence-corrected chi connectivity index (χ0v) is 15.5. The number of hydrogen-bond acceptors (Lipinski definition) is 4. The summed E-state index contributed by atoms with van der Waals surface area (Å²) in [5.41, 5.74) is 0.884. The molecule has 0 spiro atoms. The van der Waals surface area contributed by atoms with Crippen LogP contribution in [0, 0.1) is 6.92 Å². The normalized spacial score (nSPS) is 19.0. The lowest BCUT2D eigenvalue weighted by atomic mass is 10.1.